The molecule has 0 saturated carbocycles. The summed E-state index contributed by atoms with van der Waals surface area (Å²) in [5, 5.41) is 3.65. The Labute approximate surface area is 112 Å². The van der Waals surface area contributed by atoms with Gasteiger partial charge in [0.1, 0.15) is 0 Å². The SMILES string of the molecule is CCCC(COC)N1C2CCC1CC(NCC)C2. The van der Waals surface area contributed by atoms with E-state index in [1.54, 1.807) is 0 Å². The van der Waals surface area contributed by atoms with E-state index in [4.69, 9.17) is 4.74 Å². The lowest BCUT2D eigenvalue weighted by Crippen LogP contribution is -2.54. The van der Waals surface area contributed by atoms with Gasteiger partial charge in [-0.25, -0.2) is 0 Å². The Morgan fingerprint density at radius 1 is 1.22 bits per heavy atom. The Kier molecular flexibility index (Phi) is 5.46. The lowest BCUT2D eigenvalue weighted by Gasteiger charge is -2.43. The number of hydrogen-bond acceptors (Lipinski definition) is 3. The van der Waals surface area contributed by atoms with Gasteiger partial charge in [0, 0.05) is 31.3 Å². The molecule has 3 unspecified atom stereocenters. The fraction of sp³-hybridized carbons (Fsp3) is 1.00. The monoisotopic (exact) mass is 254 g/mol. The van der Waals surface area contributed by atoms with Gasteiger partial charge in [0.05, 0.1) is 6.61 Å². The number of fused-ring (bicyclic) bond motifs is 2. The first-order chi connectivity index (χ1) is 8.80. The zero-order valence-electron chi connectivity index (χ0n) is 12.3. The van der Waals surface area contributed by atoms with Crippen LogP contribution in [-0.4, -0.2) is 49.3 Å². The molecule has 0 aromatic carbocycles. The second kappa shape index (κ2) is 6.88. The summed E-state index contributed by atoms with van der Waals surface area (Å²) in [4.78, 5) is 2.81. The topological polar surface area (TPSA) is 24.5 Å². The van der Waals surface area contributed by atoms with Crippen molar-refractivity contribution in [3.63, 3.8) is 0 Å². The van der Waals surface area contributed by atoms with Crippen LogP contribution in [-0.2, 0) is 4.74 Å². The third-order valence-corrected chi connectivity index (χ3v) is 4.68. The summed E-state index contributed by atoms with van der Waals surface area (Å²) in [6.07, 6.45) is 8.03. The van der Waals surface area contributed by atoms with E-state index >= 15 is 0 Å². The second-order valence-electron chi connectivity index (χ2n) is 5.96. The molecule has 2 aliphatic rings. The number of hydrogen-bond donors (Lipinski definition) is 1. The number of nitrogens with one attached hydrogen (secondary N) is 1. The minimum absolute atomic E-state index is 0.653. The zero-order valence-corrected chi connectivity index (χ0v) is 12.3. The highest BCUT2D eigenvalue weighted by Gasteiger charge is 2.43. The highest BCUT2D eigenvalue weighted by atomic mass is 16.5. The predicted octanol–water partition coefficient (Wildman–Crippen LogP) is 2.41. The molecule has 2 bridgehead atoms. The smallest absolute Gasteiger partial charge is 0.0618 e. The van der Waals surface area contributed by atoms with E-state index in [2.05, 4.69) is 24.1 Å². The van der Waals surface area contributed by atoms with Gasteiger partial charge in [-0.15, -0.1) is 0 Å². The molecule has 0 amide bonds. The normalized spacial score (nSPS) is 33.8. The van der Waals surface area contributed by atoms with Crippen LogP contribution in [0, 0.1) is 0 Å². The Morgan fingerprint density at radius 3 is 2.39 bits per heavy atom. The van der Waals surface area contributed by atoms with Crippen LogP contribution in [0.3, 0.4) is 0 Å². The molecule has 0 radical (unpaired) electrons. The van der Waals surface area contributed by atoms with Crippen LogP contribution in [0.15, 0.2) is 0 Å². The summed E-state index contributed by atoms with van der Waals surface area (Å²) in [7, 11) is 1.84. The Bertz CT molecular complexity index is 227. The number of ether oxygens (including phenoxy) is 1. The molecule has 3 atom stereocenters. The number of piperidine rings is 1. The summed E-state index contributed by atoms with van der Waals surface area (Å²) >= 11 is 0. The van der Waals surface area contributed by atoms with Gasteiger partial charge in [-0.1, -0.05) is 20.3 Å². The largest absolute Gasteiger partial charge is 0.383 e. The number of rotatable bonds is 7. The molecule has 0 aromatic heterocycles. The molecule has 0 spiro atoms. The molecule has 0 aromatic rings. The highest BCUT2D eigenvalue weighted by Crippen LogP contribution is 2.38. The van der Waals surface area contributed by atoms with Gasteiger partial charge in [0.2, 0.25) is 0 Å². The summed E-state index contributed by atoms with van der Waals surface area (Å²) in [5.41, 5.74) is 0. The van der Waals surface area contributed by atoms with Gasteiger partial charge in [-0.3, -0.25) is 4.90 Å². The van der Waals surface area contributed by atoms with E-state index < -0.39 is 0 Å². The molecule has 2 rings (SSSR count). The average Bonchev–Trinajstić information content (AvgIpc) is 2.61. The van der Waals surface area contributed by atoms with Crippen LogP contribution in [0.25, 0.3) is 0 Å². The molecular formula is C15H30N2O. The standard InChI is InChI=1S/C15H30N2O/c1-4-6-15(11-18-3)17-13-7-8-14(17)10-12(9-13)16-5-2/h12-16H,4-11H2,1-3H3. The maximum atomic E-state index is 5.45. The number of methoxy groups -OCH3 is 1. The fourth-order valence-electron chi connectivity index (χ4n) is 4.11. The van der Waals surface area contributed by atoms with Gasteiger partial charge >= 0.3 is 0 Å². The third kappa shape index (κ3) is 3.06. The van der Waals surface area contributed by atoms with Crippen molar-refractivity contribution in [2.45, 2.75) is 76.5 Å². The maximum Gasteiger partial charge on any atom is 0.0618 e. The Balaban J connectivity index is 1.97. The fourth-order valence-corrected chi connectivity index (χ4v) is 4.11. The third-order valence-electron chi connectivity index (χ3n) is 4.68. The molecule has 2 heterocycles. The van der Waals surface area contributed by atoms with Gasteiger partial charge in [0.25, 0.3) is 0 Å². The summed E-state index contributed by atoms with van der Waals surface area (Å²) in [5.74, 6) is 0. The van der Waals surface area contributed by atoms with Gasteiger partial charge in [0.15, 0.2) is 0 Å². The van der Waals surface area contributed by atoms with E-state index in [-0.39, 0.29) is 0 Å². The lowest BCUT2D eigenvalue weighted by molar-refractivity contribution is 0.0214. The molecule has 18 heavy (non-hydrogen) atoms. The average molecular weight is 254 g/mol. The van der Waals surface area contributed by atoms with Crippen LogP contribution in [0.4, 0.5) is 0 Å². The summed E-state index contributed by atoms with van der Waals surface area (Å²) in [6, 6.07) is 3.02. The summed E-state index contributed by atoms with van der Waals surface area (Å²) in [6.45, 7) is 6.53. The quantitative estimate of drug-likeness (QED) is 0.755. The van der Waals surface area contributed by atoms with Gasteiger partial charge < -0.3 is 10.1 Å². The summed E-state index contributed by atoms with van der Waals surface area (Å²) < 4.78 is 5.45. The van der Waals surface area contributed by atoms with Crippen molar-refractivity contribution in [1.82, 2.24) is 10.2 Å². The molecule has 1 N–H and O–H groups in total. The van der Waals surface area contributed by atoms with Crippen molar-refractivity contribution < 1.29 is 4.74 Å². The van der Waals surface area contributed by atoms with Crippen molar-refractivity contribution in [2.24, 2.45) is 0 Å². The molecule has 2 saturated heterocycles. The molecular weight excluding hydrogens is 224 g/mol. The molecule has 3 nitrogen and oxygen atoms in total. The van der Waals surface area contributed by atoms with Crippen LogP contribution >= 0.6 is 0 Å². The molecule has 2 aliphatic heterocycles. The molecule has 0 aliphatic carbocycles. The van der Waals surface area contributed by atoms with Crippen molar-refractivity contribution in [3.05, 3.63) is 0 Å². The highest BCUT2D eigenvalue weighted by molar-refractivity contribution is 4.99. The van der Waals surface area contributed by atoms with E-state index in [0.29, 0.717) is 6.04 Å². The minimum atomic E-state index is 0.653. The van der Waals surface area contributed by atoms with E-state index in [0.717, 1.165) is 31.3 Å². The van der Waals surface area contributed by atoms with Crippen molar-refractivity contribution >= 4 is 0 Å². The van der Waals surface area contributed by atoms with Gasteiger partial charge in [-0.05, 0) is 38.6 Å². The van der Waals surface area contributed by atoms with Crippen molar-refractivity contribution in [2.75, 3.05) is 20.3 Å². The van der Waals surface area contributed by atoms with Crippen LogP contribution in [0.1, 0.15) is 52.4 Å². The molecule has 106 valence electrons. The van der Waals surface area contributed by atoms with Crippen molar-refractivity contribution in [1.29, 1.82) is 0 Å². The van der Waals surface area contributed by atoms with Gasteiger partial charge in [-0.2, -0.15) is 0 Å². The lowest BCUT2D eigenvalue weighted by atomic mass is 9.94. The molecule has 3 heteroatoms. The van der Waals surface area contributed by atoms with Crippen LogP contribution < -0.4 is 5.32 Å². The number of nitrogens with zero attached hydrogens (tertiary/aromatic N) is 1. The first kappa shape index (κ1) is 14.3. The first-order valence-corrected chi connectivity index (χ1v) is 7.79. The van der Waals surface area contributed by atoms with Crippen LogP contribution in [0.5, 0.6) is 0 Å². The predicted molar refractivity (Wildman–Crippen MR) is 75.9 cm³/mol. The van der Waals surface area contributed by atoms with E-state index in [9.17, 15) is 0 Å². The Hall–Kier alpha value is -0.120. The minimum Gasteiger partial charge on any atom is -0.383 e. The van der Waals surface area contributed by atoms with E-state index in [1.165, 1.54) is 38.5 Å². The Morgan fingerprint density at radius 2 is 1.89 bits per heavy atom. The second-order valence-corrected chi connectivity index (χ2v) is 5.96. The zero-order chi connectivity index (χ0) is 13.0. The maximum absolute atomic E-state index is 5.45. The first-order valence-electron chi connectivity index (χ1n) is 7.79. The van der Waals surface area contributed by atoms with E-state index in [1.807, 2.05) is 7.11 Å². The molecule has 2 fully saturated rings. The van der Waals surface area contributed by atoms with Crippen LogP contribution in [0.2, 0.25) is 0 Å². The van der Waals surface area contributed by atoms with Crippen molar-refractivity contribution in [3.8, 4) is 0 Å².